The molecule has 1 aromatic rings. The van der Waals surface area contributed by atoms with E-state index in [1.54, 1.807) is 0 Å². The molecule has 1 aromatic heterocycles. The normalized spacial score (nSPS) is 10.5. The maximum Gasteiger partial charge on any atom is 0.150 e. The highest BCUT2D eigenvalue weighted by Gasteiger charge is 2.10. The maximum absolute atomic E-state index is 4.59. The van der Waals surface area contributed by atoms with Crippen molar-refractivity contribution in [2.75, 3.05) is 23.3 Å². The molecule has 0 unspecified atom stereocenters. The van der Waals surface area contributed by atoms with Crippen molar-refractivity contribution in [3.8, 4) is 0 Å². The number of nitrogens with zero attached hydrogens (tertiary/aromatic N) is 3. The summed E-state index contributed by atoms with van der Waals surface area (Å²) in [5, 5.41) is 0.964. The summed E-state index contributed by atoms with van der Waals surface area (Å²) in [5.74, 6) is 1.04. The molecule has 0 saturated heterocycles. The molecule has 16 heavy (non-hydrogen) atoms. The fraction of sp³-hybridized carbons (Fsp3) is 0.667. The Kier molecular flexibility index (Phi) is 5.74. The molecule has 0 aromatic carbocycles. The zero-order chi connectivity index (χ0) is 12.0. The van der Waals surface area contributed by atoms with Crippen LogP contribution in [0, 0.1) is 13.8 Å². The van der Waals surface area contributed by atoms with E-state index in [1.165, 1.54) is 12.8 Å². The van der Waals surface area contributed by atoms with Crippen LogP contribution < -0.4 is 4.90 Å². The van der Waals surface area contributed by atoms with Gasteiger partial charge in [0.2, 0.25) is 0 Å². The second kappa shape index (κ2) is 6.84. The summed E-state index contributed by atoms with van der Waals surface area (Å²) < 4.78 is 0. The predicted molar refractivity (Wildman–Crippen MR) is 72.4 cm³/mol. The first-order chi connectivity index (χ1) is 7.69. The standard InChI is InChI=1S/C12H20BrN3/c1-4-5-7-16(8-6-13)12-11(3)14-9-10(2)15-12/h9H,4-8H2,1-3H3. The SMILES string of the molecule is CCCCN(CCBr)c1nc(C)cnc1C. The van der Waals surface area contributed by atoms with Crippen molar-refractivity contribution in [3.05, 3.63) is 17.6 Å². The zero-order valence-electron chi connectivity index (χ0n) is 10.3. The average Bonchev–Trinajstić information content (AvgIpc) is 2.28. The van der Waals surface area contributed by atoms with Gasteiger partial charge in [-0.2, -0.15) is 0 Å². The first kappa shape index (κ1) is 13.4. The minimum atomic E-state index is 0.964. The van der Waals surface area contributed by atoms with E-state index in [1.807, 2.05) is 20.0 Å². The number of hydrogen-bond acceptors (Lipinski definition) is 3. The number of unbranched alkanes of at least 4 members (excludes halogenated alkanes) is 1. The van der Waals surface area contributed by atoms with Crippen molar-refractivity contribution in [2.45, 2.75) is 33.6 Å². The maximum atomic E-state index is 4.59. The molecular weight excluding hydrogens is 266 g/mol. The Labute approximate surface area is 106 Å². The average molecular weight is 286 g/mol. The second-order valence-electron chi connectivity index (χ2n) is 3.95. The van der Waals surface area contributed by atoms with E-state index in [0.717, 1.165) is 35.6 Å². The minimum absolute atomic E-state index is 0.964. The molecule has 3 nitrogen and oxygen atoms in total. The van der Waals surface area contributed by atoms with Gasteiger partial charge in [-0.05, 0) is 20.3 Å². The zero-order valence-corrected chi connectivity index (χ0v) is 11.9. The molecule has 0 spiro atoms. The van der Waals surface area contributed by atoms with Crippen LogP contribution in [0.2, 0.25) is 0 Å². The number of anilines is 1. The summed E-state index contributed by atoms with van der Waals surface area (Å²) in [6, 6.07) is 0. The summed E-state index contributed by atoms with van der Waals surface area (Å²) in [7, 11) is 0. The van der Waals surface area contributed by atoms with Crippen LogP contribution in [0.1, 0.15) is 31.2 Å². The van der Waals surface area contributed by atoms with Gasteiger partial charge in [-0.3, -0.25) is 4.98 Å². The van der Waals surface area contributed by atoms with E-state index in [9.17, 15) is 0 Å². The Balaban J connectivity index is 2.85. The number of rotatable bonds is 6. The first-order valence-electron chi connectivity index (χ1n) is 5.80. The highest BCUT2D eigenvalue weighted by atomic mass is 79.9. The minimum Gasteiger partial charge on any atom is -0.354 e. The lowest BCUT2D eigenvalue weighted by molar-refractivity contribution is 0.721. The number of aryl methyl sites for hydroxylation is 2. The van der Waals surface area contributed by atoms with Gasteiger partial charge in [0, 0.05) is 24.6 Å². The molecule has 4 heteroatoms. The summed E-state index contributed by atoms with van der Waals surface area (Å²) in [6.45, 7) is 8.26. The predicted octanol–water partition coefficient (Wildman–Crippen LogP) is 3.09. The molecule has 0 atom stereocenters. The molecule has 0 saturated carbocycles. The van der Waals surface area contributed by atoms with Gasteiger partial charge in [0.15, 0.2) is 0 Å². The highest BCUT2D eigenvalue weighted by Crippen LogP contribution is 2.16. The summed E-state index contributed by atoms with van der Waals surface area (Å²) >= 11 is 3.49. The molecule has 0 aliphatic carbocycles. The van der Waals surface area contributed by atoms with Crippen LogP contribution in [0.25, 0.3) is 0 Å². The number of halogens is 1. The van der Waals surface area contributed by atoms with Crippen LogP contribution in [0.5, 0.6) is 0 Å². The van der Waals surface area contributed by atoms with E-state index in [0.29, 0.717) is 0 Å². The molecule has 0 amide bonds. The van der Waals surface area contributed by atoms with Crippen molar-refractivity contribution < 1.29 is 0 Å². The van der Waals surface area contributed by atoms with E-state index >= 15 is 0 Å². The van der Waals surface area contributed by atoms with Crippen molar-refractivity contribution in [3.63, 3.8) is 0 Å². The molecule has 90 valence electrons. The summed E-state index contributed by atoms with van der Waals surface area (Å²) in [5.41, 5.74) is 2.00. The topological polar surface area (TPSA) is 29.0 Å². The van der Waals surface area contributed by atoms with Crippen LogP contribution in [-0.4, -0.2) is 28.4 Å². The Hall–Kier alpha value is -0.640. The molecule has 0 aliphatic rings. The third kappa shape index (κ3) is 3.74. The van der Waals surface area contributed by atoms with E-state index < -0.39 is 0 Å². The van der Waals surface area contributed by atoms with Gasteiger partial charge >= 0.3 is 0 Å². The molecule has 0 fully saturated rings. The van der Waals surface area contributed by atoms with Crippen LogP contribution in [0.3, 0.4) is 0 Å². The monoisotopic (exact) mass is 285 g/mol. The first-order valence-corrected chi connectivity index (χ1v) is 6.92. The summed E-state index contributed by atoms with van der Waals surface area (Å²) in [4.78, 5) is 11.3. The summed E-state index contributed by atoms with van der Waals surface area (Å²) in [6.07, 6.45) is 4.23. The van der Waals surface area contributed by atoms with E-state index in [-0.39, 0.29) is 0 Å². The van der Waals surface area contributed by atoms with Gasteiger partial charge in [-0.15, -0.1) is 0 Å². The molecule has 1 heterocycles. The van der Waals surface area contributed by atoms with Crippen molar-refractivity contribution in [1.29, 1.82) is 0 Å². The van der Waals surface area contributed by atoms with E-state index in [4.69, 9.17) is 0 Å². The molecule has 0 radical (unpaired) electrons. The lowest BCUT2D eigenvalue weighted by atomic mass is 10.3. The third-order valence-corrected chi connectivity index (χ3v) is 2.84. The Morgan fingerprint density at radius 2 is 2.06 bits per heavy atom. The van der Waals surface area contributed by atoms with Crippen LogP contribution in [0.4, 0.5) is 5.82 Å². The smallest absolute Gasteiger partial charge is 0.150 e. The Bertz CT molecular complexity index is 328. The van der Waals surface area contributed by atoms with Gasteiger partial charge in [0.1, 0.15) is 5.82 Å². The van der Waals surface area contributed by atoms with Gasteiger partial charge < -0.3 is 4.90 Å². The fourth-order valence-electron chi connectivity index (χ4n) is 1.60. The van der Waals surface area contributed by atoms with Gasteiger partial charge in [0.05, 0.1) is 11.4 Å². The largest absolute Gasteiger partial charge is 0.354 e. The van der Waals surface area contributed by atoms with Crippen molar-refractivity contribution in [1.82, 2.24) is 9.97 Å². The van der Waals surface area contributed by atoms with Crippen molar-refractivity contribution >= 4 is 21.7 Å². The quantitative estimate of drug-likeness (QED) is 0.752. The molecular formula is C12H20BrN3. The number of alkyl halides is 1. The van der Waals surface area contributed by atoms with E-state index in [2.05, 4.69) is 37.7 Å². The highest BCUT2D eigenvalue weighted by molar-refractivity contribution is 9.09. The lowest BCUT2D eigenvalue weighted by Crippen LogP contribution is -2.28. The van der Waals surface area contributed by atoms with Crippen LogP contribution in [0.15, 0.2) is 6.20 Å². The molecule has 0 aliphatic heterocycles. The van der Waals surface area contributed by atoms with Gasteiger partial charge in [-0.25, -0.2) is 4.98 Å². The Morgan fingerprint density at radius 1 is 1.31 bits per heavy atom. The van der Waals surface area contributed by atoms with Crippen LogP contribution in [-0.2, 0) is 0 Å². The molecule has 0 bridgehead atoms. The molecule has 0 N–H and O–H groups in total. The fourth-order valence-corrected chi connectivity index (χ4v) is 2.03. The third-order valence-electron chi connectivity index (χ3n) is 2.49. The van der Waals surface area contributed by atoms with Gasteiger partial charge in [0.25, 0.3) is 0 Å². The molecule has 1 rings (SSSR count). The van der Waals surface area contributed by atoms with Gasteiger partial charge in [-0.1, -0.05) is 29.3 Å². The van der Waals surface area contributed by atoms with Crippen LogP contribution >= 0.6 is 15.9 Å². The number of hydrogen-bond donors (Lipinski definition) is 0. The Morgan fingerprint density at radius 3 is 2.69 bits per heavy atom. The number of aromatic nitrogens is 2. The van der Waals surface area contributed by atoms with Crippen molar-refractivity contribution in [2.24, 2.45) is 0 Å². The second-order valence-corrected chi connectivity index (χ2v) is 4.74. The lowest BCUT2D eigenvalue weighted by Gasteiger charge is -2.24.